The minimum atomic E-state index is -0.367. The van der Waals surface area contributed by atoms with Crippen LogP contribution >= 0.6 is 0 Å². The van der Waals surface area contributed by atoms with E-state index >= 15 is 0 Å². The number of benzene rings is 1. The summed E-state index contributed by atoms with van der Waals surface area (Å²) in [7, 11) is 0. The van der Waals surface area contributed by atoms with Crippen LogP contribution in [-0.2, 0) is 16.1 Å². The lowest BCUT2D eigenvalue weighted by Crippen LogP contribution is -2.32. The highest BCUT2D eigenvalue weighted by molar-refractivity contribution is 5.79. The third-order valence-electron chi connectivity index (χ3n) is 3.80. The lowest BCUT2D eigenvalue weighted by atomic mass is 10.0. The molecule has 7 nitrogen and oxygen atoms in total. The van der Waals surface area contributed by atoms with Crippen LogP contribution in [0.3, 0.4) is 0 Å². The van der Waals surface area contributed by atoms with E-state index in [0.29, 0.717) is 5.82 Å². The van der Waals surface area contributed by atoms with Crippen LogP contribution in [0.5, 0.6) is 0 Å². The average molecular weight is 337 g/mol. The number of rotatable bonds is 6. The quantitative estimate of drug-likeness (QED) is 0.715. The second-order valence-corrected chi connectivity index (χ2v) is 5.69. The molecule has 0 aliphatic heterocycles. The zero-order chi connectivity index (χ0) is 17.6. The van der Waals surface area contributed by atoms with Crippen molar-refractivity contribution in [2.45, 2.75) is 25.9 Å². The first-order chi connectivity index (χ1) is 12.1. The molecule has 1 aromatic carbocycles. The Balaban J connectivity index is 1.64. The largest absolute Gasteiger partial charge is 0.349 e. The summed E-state index contributed by atoms with van der Waals surface area (Å²) in [6, 6.07) is 14.7. The summed E-state index contributed by atoms with van der Waals surface area (Å²) in [6.07, 6.45) is 2.00. The molecule has 0 radical (unpaired) electrons. The highest BCUT2D eigenvalue weighted by Crippen LogP contribution is 2.16. The van der Waals surface area contributed by atoms with Gasteiger partial charge in [0.1, 0.15) is 0 Å². The Morgan fingerprint density at radius 1 is 1.08 bits per heavy atom. The fourth-order valence-corrected chi connectivity index (χ4v) is 2.63. The van der Waals surface area contributed by atoms with Crippen molar-refractivity contribution < 1.29 is 9.59 Å². The Kier molecular flexibility index (Phi) is 5.03. The molecule has 0 fully saturated rings. The number of hydrogen-bond donors (Lipinski definition) is 2. The Hall–Kier alpha value is -3.22. The van der Waals surface area contributed by atoms with Crippen LogP contribution in [0.25, 0.3) is 5.65 Å². The Labute approximate surface area is 145 Å². The maximum Gasteiger partial charge on any atom is 0.222 e. The van der Waals surface area contributed by atoms with E-state index in [2.05, 4.69) is 20.8 Å². The Morgan fingerprint density at radius 3 is 2.60 bits per heavy atom. The second-order valence-electron chi connectivity index (χ2n) is 5.69. The molecule has 1 atom stereocenters. The normalized spacial score (nSPS) is 11.9. The number of amides is 2. The molecule has 0 aliphatic rings. The van der Waals surface area contributed by atoms with Gasteiger partial charge in [-0.15, -0.1) is 10.2 Å². The number of nitrogens with zero attached hydrogens (tertiary/aromatic N) is 3. The van der Waals surface area contributed by atoms with Gasteiger partial charge >= 0.3 is 0 Å². The van der Waals surface area contributed by atoms with Gasteiger partial charge in [0.2, 0.25) is 11.8 Å². The van der Waals surface area contributed by atoms with Crippen LogP contribution in [0, 0.1) is 0 Å². The molecular weight excluding hydrogens is 318 g/mol. The summed E-state index contributed by atoms with van der Waals surface area (Å²) in [5.41, 5.74) is 1.62. The molecule has 0 saturated carbocycles. The van der Waals surface area contributed by atoms with Gasteiger partial charge in [-0.2, -0.15) is 0 Å². The van der Waals surface area contributed by atoms with E-state index in [4.69, 9.17) is 0 Å². The topological polar surface area (TPSA) is 88.4 Å². The predicted octanol–water partition coefficient (Wildman–Crippen LogP) is 1.61. The van der Waals surface area contributed by atoms with Gasteiger partial charge in [-0.1, -0.05) is 36.4 Å². The third kappa shape index (κ3) is 4.20. The molecule has 128 valence electrons. The van der Waals surface area contributed by atoms with Crippen molar-refractivity contribution in [3.8, 4) is 0 Å². The maximum atomic E-state index is 12.3. The molecule has 2 amide bonds. The minimum Gasteiger partial charge on any atom is -0.349 e. The van der Waals surface area contributed by atoms with E-state index in [-0.39, 0.29) is 30.8 Å². The number of nitrogens with one attached hydrogen (secondary N) is 2. The average Bonchev–Trinajstić information content (AvgIpc) is 3.03. The lowest BCUT2D eigenvalue weighted by molar-refractivity contribution is -0.123. The SMILES string of the molecule is CC(=O)N[C@@H](CC(=O)NCc1nnc2ccccn12)c1ccccc1. The molecule has 2 aromatic heterocycles. The van der Waals surface area contributed by atoms with Gasteiger partial charge in [0, 0.05) is 13.1 Å². The zero-order valence-electron chi connectivity index (χ0n) is 13.8. The third-order valence-corrected chi connectivity index (χ3v) is 3.80. The molecule has 0 aliphatic carbocycles. The van der Waals surface area contributed by atoms with Gasteiger partial charge in [-0.05, 0) is 17.7 Å². The van der Waals surface area contributed by atoms with Crippen LogP contribution in [0.15, 0.2) is 54.7 Å². The van der Waals surface area contributed by atoms with Crippen LogP contribution in [0.2, 0.25) is 0 Å². The van der Waals surface area contributed by atoms with Crippen molar-refractivity contribution in [1.82, 2.24) is 25.2 Å². The number of aromatic nitrogens is 3. The van der Waals surface area contributed by atoms with E-state index < -0.39 is 0 Å². The summed E-state index contributed by atoms with van der Waals surface area (Å²) < 4.78 is 1.82. The summed E-state index contributed by atoms with van der Waals surface area (Å²) in [6.45, 7) is 1.71. The molecular formula is C18H19N5O2. The van der Waals surface area contributed by atoms with E-state index in [1.54, 1.807) is 0 Å². The number of fused-ring (bicyclic) bond motifs is 1. The molecule has 7 heteroatoms. The maximum absolute atomic E-state index is 12.3. The number of hydrogen-bond acceptors (Lipinski definition) is 4. The first-order valence-corrected chi connectivity index (χ1v) is 8.01. The van der Waals surface area contributed by atoms with Gasteiger partial charge in [-0.25, -0.2) is 0 Å². The molecule has 0 saturated heterocycles. The monoisotopic (exact) mass is 337 g/mol. The van der Waals surface area contributed by atoms with Crippen molar-refractivity contribution in [3.63, 3.8) is 0 Å². The standard InChI is InChI=1S/C18H19N5O2/c1-13(24)20-15(14-7-3-2-4-8-14)11-18(25)19-12-17-22-21-16-9-5-6-10-23(16)17/h2-10,15H,11-12H2,1H3,(H,19,25)(H,20,24)/t15-/m0/s1. The number of carbonyl (C=O) groups is 2. The number of pyridine rings is 1. The molecule has 0 unspecified atom stereocenters. The molecule has 2 N–H and O–H groups in total. The van der Waals surface area contributed by atoms with Gasteiger partial charge in [-0.3, -0.25) is 14.0 Å². The van der Waals surface area contributed by atoms with Crippen LogP contribution in [0.1, 0.15) is 30.8 Å². The summed E-state index contributed by atoms with van der Waals surface area (Å²) in [4.78, 5) is 23.8. The molecule has 25 heavy (non-hydrogen) atoms. The summed E-state index contributed by atoms with van der Waals surface area (Å²) in [5, 5.41) is 13.8. The van der Waals surface area contributed by atoms with E-state index in [9.17, 15) is 9.59 Å². The molecule has 0 bridgehead atoms. The van der Waals surface area contributed by atoms with Crippen molar-refractivity contribution in [3.05, 3.63) is 66.1 Å². The van der Waals surface area contributed by atoms with Gasteiger partial charge < -0.3 is 10.6 Å². The van der Waals surface area contributed by atoms with Crippen molar-refractivity contribution >= 4 is 17.5 Å². The summed E-state index contributed by atoms with van der Waals surface area (Å²) in [5.74, 6) is 0.306. The minimum absolute atomic E-state index is 0.153. The molecule has 3 rings (SSSR count). The van der Waals surface area contributed by atoms with E-state index in [0.717, 1.165) is 11.2 Å². The van der Waals surface area contributed by atoms with Crippen LogP contribution in [0.4, 0.5) is 0 Å². The van der Waals surface area contributed by atoms with Crippen molar-refractivity contribution in [1.29, 1.82) is 0 Å². The predicted molar refractivity (Wildman–Crippen MR) is 92.5 cm³/mol. The van der Waals surface area contributed by atoms with Gasteiger partial charge in [0.25, 0.3) is 0 Å². The zero-order valence-corrected chi connectivity index (χ0v) is 13.8. The smallest absolute Gasteiger partial charge is 0.222 e. The van der Waals surface area contributed by atoms with Gasteiger partial charge in [0.05, 0.1) is 19.0 Å². The Morgan fingerprint density at radius 2 is 1.84 bits per heavy atom. The number of carbonyl (C=O) groups excluding carboxylic acids is 2. The first kappa shape index (κ1) is 16.6. The molecule has 3 aromatic rings. The lowest BCUT2D eigenvalue weighted by Gasteiger charge is -2.18. The fraction of sp³-hybridized carbons (Fsp3) is 0.222. The highest BCUT2D eigenvalue weighted by Gasteiger charge is 2.17. The first-order valence-electron chi connectivity index (χ1n) is 8.01. The Bertz CT molecular complexity index is 875. The van der Waals surface area contributed by atoms with Crippen molar-refractivity contribution in [2.75, 3.05) is 0 Å². The molecule has 2 heterocycles. The van der Waals surface area contributed by atoms with Crippen LogP contribution in [-0.4, -0.2) is 26.4 Å². The second kappa shape index (κ2) is 7.57. The van der Waals surface area contributed by atoms with Crippen LogP contribution < -0.4 is 10.6 Å². The fourth-order valence-electron chi connectivity index (χ4n) is 2.63. The van der Waals surface area contributed by atoms with Gasteiger partial charge in [0.15, 0.2) is 11.5 Å². The highest BCUT2D eigenvalue weighted by atomic mass is 16.2. The van der Waals surface area contributed by atoms with E-state index in [1.165, 1.54) is 6.92 Å². The van der Waals surface area contributed by atoms with E-state index in [1.807, 2.05) is 59.1 Å². The molecule has 0 spiro atoms. The van der Waals surface area contributed by atoms with Crippen molar-refractivity contribution in [2.24, 2.45) is 0 Å². The summed E-state index contributed by atoms with van der Waals surface area (Å²) >= 11 is 0.